The van der Waals surface area contributed by atoms with Gasteiger partial charge >= 0.3 is 0 Å². The van der Waals surface area contributed by atoms with Gasteiger partial charge in [-0.15, -0.1) is 0 Å². The van der Waals surface area contributed by atoms with Gasteiger partial charge in [0.25, 0.3) is 5.91 Å². The Kier molecular flexibility index (Phi) is 3.74. The lowest BCUT2D eigenvalue weighted by Gasteiger charge is -2.04. The summed E-state index contributed by atoms with van der Waals surface area (Å²) in [5.41, 5.74) is 3.98. The molecule has 0 fully saturated rings. The Morgan fingerprint density at radius 1 is 1.08 bits per heavy atom. The van der Waals surface area contributed by atoms with Crippen LogP contribution in [0.25, 0.3) is 22.2 Å². The number of carbonyl (C=O) groups is 1. The molecular weight excluding hydrogens is 316 g/mol. The van der Waals surface area contributed by atoms with Crippen molar-refractivity contribution < 1.29 is 4.79 Å². The second-order valence-electron chi connectivity index (χ2n) is 5.59. The lowest BCUT2D eigenvalue weighted by atomic mass is 10.1. The van der Waals surface area contributed by atoms with Crippen molar-refractivity contribution in [1.82, 2.24) is 25.4 Å². The summed E-state index contributed by atoms with van der Waals surface area (Å²) in [7, 11) is 0. The number of hydrogen-bond acceptors (Lipinski definition) is 4. The Morgan fingerprint density at radius 3 is 2.68 bits per heavy atom. The normalized spacial score (nSPS) is 10.9. The fraction of sp³-hybridized carbons (Fsp3) is 0.111. The second-order valence-corrected chi connectivity index (χ2v) is 5.59. The Bertz CT molecular complexity index is 1030. The van der Waals surface area contributed by atoms with Crippen molar-refractivity contribution in [3.05, 3.63) is 60.0 Å². The van der Waals surface area contributed by atoms with Gasteiger partial charge in [0.2, 0.25) is 0 Å². The summed E-state index contributed by atoms with van der Waals surface area (Å²) in [4.78, 5) is 16.7. The number of pyridine rings is 1. The standard InChI is InChI=1S/C18H16N6O/c1-2-12-15(11-7-9-19-10-8-11)22-24-17(12)20-18(25)16-13-5-3-4-6-14(13)21-23-16/h3-10H,2H2,1H3,(H,21,23)(H2,20,22,24,25). The molecule has 0 radical (unpaired) electrons. The number of anilines is 1. The molecule has 3 N–H and O–H groups in total. The van der Waals surface area contributed by atoms with Crippen LogP contribution in [0.4, 0.5) is 5.82 Å². The Hall–Kier alpha value is -3.48. The molecule has 0 bridgehead atoms. The van der Waals surface area contributed by atoms with Crippen molar-refractivity contribution in [3.8, 4) is 11.3 Å². The number of para-hydroxylation sites is 1. The molecule has 0 saturated carbocycles. The first kappa shape index (κ1) is 15.1. The van der Waals surface area contributed by atoms with Crippen LogP contribution in [-0.4, -0.2) is 31.3 Å². The summed E-state index contributed by atoms with van der Waals surface area (Å²) < 4.78 is 0. The van der Waals surface area contributed by atoms with Crippen LogP contribution in [0.5, 0.6) is 0 Å². The van der Waals surface area contributed by atoms with E-state index in [0.29, 0.717) is 11.5 Å². The van der Waals surface area contributed by atoms with E-state index in [0.717, 1.165) is 34.1 Å². The van der Waals surface area contributed by atoms with Crippen LogP contribution in [0.1, 0.15) is 23.0 Å². The van der Waals surface area contributed by atoms with Gasteiger partial charge in [0.1, 0.15) is 0 Å². The van der Waals surface area contributed by atoms with E-state index in [4.69, 9.17) is 0 Å². The van der Waals surface area contributed by atoms with Gasteiger partial charge in [-0.2, -0.15) is 10.2 Å². The second kappa shape index (κ2) is 6.20. The van der Waals surface area contributed by atoms with Crippen LogP contribution in [0, 0.1) is 0 Å². The third-order valence-corrected chi connectivity index (χ3v) is 4.11. The van der Waals surface area contributed by atoms with Gasteiger partial charge in [0.05, 0.1) is 11.2 Å². The molecule has 1 amide bonds. The molecule has 7 nitrogen and oxygen atoms in total. The van der Waals surface area contributed by atoms with E-state index in [9.17, 15) is 4.79 Å². The molecule has 0 atom stereocenters. The van der Waals surface area contributed by atoms with Crippen LogP contribution in [-0.2, 0) is 6.42 Å². The number of rotatable bonds is 4. The molecule has 124 valence electrons. The van der Waals surface area contributed by atoms with Gasteiger partial charge in [-0.1, -0.05) is 25.1 Å². The molecule has 0 aliphatic rings. The fourth-order valence-electron chi connectivity index (χ4n) is 2.87. The third kappa shape index (κ3) is 2.65. The van der Waals surface area contributed by atoms with Crippen molar-refractivity contribution >= 4 is 22.6 Å². The average Bonchev–Trinajstić information content (AvgIpc) is 3.26. The van der Waals surface area contributed by atoms with E-state index in [1.165, 1.54) is 0 Å². The number of H-pyrrole nitrogens is 2. The highest BCUT2D eigenvalue weighted by molar-refractivity contribution is 6.11. The minimum Gasteiger partial charge on any atom is -0.303 e. The van der Waals surface area contributed by atoms with Gasteiger partial charge in [-0.25, -0.2) is 0 Å². The van der Waals surface area contributed by atoms with Crippen molar-refractivity contribution in [1.29, 1.82) is 0 Å². The van der Waals surface area contributed by atoms with Gasteiger partial charge in [0.15, 0.2) is 11.5 Å². The number of amides is 1. The lowest BCUT2D eigenvalue weighted by molar-refractivity contribution is 0.102. The zero-order valence-corrected chi connectivity index (χ0v) is 13.6. The molecule has 4 aromatic rings. The molecule has 0 unspecified atom stereocenters. The zero-order chi connectivity index (χ0) is 17.2. The molecule has 0 aliphatic carbocycles. The van der Waals surface area contributed by atoms with Gasteiger partial charge in [-0.05, 0) is 24.6 Å². The Labute approximate surface area is 143 Å². The summed E-state index contributed by atoms with van der Waals surface area (Å²) in [6, 6.07) is 11.3. The number of nitrogens with zero attached hydrogens (tertiary/aromatic N) is 3. The third-order valence-electron chi connectivity index (χ3n) is 4.11. The first-order valence-corrected chi connectivity index (χ1v) is 8.00. The maximum Gasteiger partial charge on any atom is 0.278 e. The number of benzene rings is 1. The van der Waals surface area contributed by atoms with Crippen LogP contribution < -0.4 is 5.32 Å². The summed E-state index contributed by atoms with van der Waals surface area (Å²) >= 11 is 0. The molecule has 1 aromatic carbocycles. The highest BCUT2D eigenvalue weighted by atomic mass is 16.2. The molecule has 0 saturated heterocycles. The van der Waals surface area contributed by atoms with Crippen molar-refractivity contribution in [2.24, 2.45) is 0 Å². The molecule has 25 heavy (non-hydrogen) atoms. The highest BCUT2D eigenvalue weighted by Gasteiger charge is 2.19. The Morgan fingerprint density at radius 2 is 1.88 bits per heavy atom. The number of carbonyl (C=O) groups excluding carboxylic acids is 1. The minimum absolute atomic E-state index is 0.292. The SMILES string of the molecule is CCc1c(NC(=O)c2n[nH]c3ccccc23)n[nH]c1-c1ccncc1. The number of hydrogen-bond donors (Lipinski definition) is 3. The topological polar surface area (TPSA) is 99.4 Å². The maximum atomic E-state index is 12.6. The minimum atomic E-state index is -0.292. The summed E-state index contributed by atoms with van der Waals surface area (Å²) in [6.45, 7) is 2.02. The number of fused-ring (bicyclic) bond motifs is 1. The largest absolute Gasteiger partial charge is 0.303 e. The van der Waals surface area contributed by atoms with E-state index >= 15 is 0 Å². The monoisotopic (exact) mass is 332 g/mol. The molecule has 0 aliphatic heterocycles. The summed E-state index contributed by atoms with van der Waals surface area (Å²) in [5.74, 6) is 0.228. The molecule has 3 heterocycles. The predicted molar refractivity (Wildman–Crippen MR) is 95.2 cm³/mol. The van der Waals surface area contributed by atoms with E-state index < -0.39 is 0 Å². The zero-order valence-electron chi connectivity index (χ0n) is 13.6. The van der Waals surface area contributed by atoms with Gasteiger partial charge in [0, 0.05) is 28.9 Å². The van der Waals surface area contributed by atoms with Crippen LogP contribution in [0.2, 0.25) is 0 Å². The average molecular weight is 332 g/mol. The molecule has 7 heteroatoms. The fourth-order valence-corrected chi connectivity index (χ4v) is 2.87. The quantitative estimate of drug-likeness (QED) is 0.534. The Balaban J connectivity index is 1.67. The molecule has 4 rings (SSSR count). The predicted octanol–water partition coefficient (Wildman–Crippen LogP) is 3.16. The van der Waals surface area contributed by atoms with Crippen molar-refractivity contribution in [3.63, 3.8) is 0 Å². The smallest absolute Gasteiger partial charge is 0.278 e. The van der Waals surface area contributed by atoms with Crippen molar-refractivity contribution in [2.75, 3.05) is 5.32 Å². The van der Waals surface area contributed by atoms with Crippen LogP contribution in [0.15, 0.2) is 48.8 Å². The van der Waals surface area contributed by atoms with Gasteiger partial charge < -0.3 is 5.32 Å². The van der Waals surface area contributed by atoms with E-state index in [1.54, 1.807) is 12.4 Å². The van der Waals surface area contributed by atoms with E-state index in [-0.39, 0.29) is 5.91 Å². The number of nitrogens with one attached hydrogen (secondary N) is 3. The first-order chi connectivity index (χ1) is 12.3. The molecule has 3 aromatic heterocycles. The molecule has 0 spiro atoms. The maximum absolute atomic E-state index is 12.6. The van der Waals surface area contributed by atoms with Crippen LogP contribution >= 0.6 is 0 Å². The summed E-state index contributed by atoms with van der Waals surface area (Å²) in [5, 5.41) is 17.9. The van der Waals surface area contributed by atoms with Crippen LogP contribution in [0.3, 0.4) is 0 Å². The van der Waals surface area contributed by atoms with Crippen molar-refractivity contribution in [2.45, 2.75) is 13.3 Å². The first-order valence-electron chi connectivity index (χ1n) is 8.00. The number of aromatic amines is 2. The lowest BCUT2D eigenvalue weighted by Crippen LogP contribution is -2.14. The summed E-state index contributed by atoms with van der Waals surface area (Å²) in [6.07, 6.45) is 4.18. The number of aromatic nitrogens is 5. The van der Waals surface area contributed by atoms with E-state index in [2.05, 4.69) is 30.7 Å². The molecular formula is C18H16N6O. The van der Waals surface area contributed by atoms with E-state index in [1.807, 2.05) is 43.3 Å². The highest BCUT2D eigenvalue weighted by Crippen LogP contribution is 2.27. The van der Waals surface area contributed by atoms with Gasteiger partial charge in [-0.3, -0.25) is 20.0 Å².